The molecule has 0 bridgehead atoms. The van der Waals surface area contributed by atoms with Crippen molar-refractivity contribution in [2.24, 2.45) is 0 Å². The van der Waals surface area contributed by atoms with E-state index in [2.05, 4.69) is 20.6 Å². The largest absolute Gasteiger partial charge is 0.497 e. The molecule has 1 heterocycles. The van der Waals surface area contributed by atoms with Gasteiger partial charge in [0.05, 0.1) is 12.7 Å². The highest BCUT2D eigenvalue weighted by atomic mass is 19.4. The number of aromatic nitrogens is 2. The van der Waals surface area contributed by atoms with Crippen LogP contribution < -0.4 is 15.4 Å². The third-order valence-electron chi connectivity index (χ3n) is 3.46. The number of anilines is 4. The molecule has 3 rings (SSSR count). The average molecular weight is 360 g/mol. The van der Waals surface area contributed by atoms with Gasteiger partial charge in [0.25, 0.3) is 0 Å². The zero-order valence-electron chi connectivity index (χ0n) is 13.7. The monoisotopic (exact) mass is 360 g/mol. The fourth-order valence-electron chi connectivity index (χ4n) is 2.21. The maximum absolute atomic E-state index is 12.8. The molecule has 1 aromatic heterocycles. The van der Waals surface area contributed by atoms with Gasteiger partial charge in [0.15, 0.2) is 0 Å². The minimum atomic E-state index is -4.41. The second-order valence-corrected chi connectivity index (χ2v) is 5.32. The van der Waals surface area contributed by atoms with Crippen LogP contribution in [-0.4, -0.2) is 17.1 Å². The van der Waals surface area contributed by atoms with Gasteiger partial charge in [-0.2, -0.15) is 18.2 Å². The first-order valence-corrected chi connectivity index (χ1v) is 7.62. The van der Waals surface area contributed by atoms with Crippen molar-refractivity contribution < 1.29 is 17.9 Å². The summed E-state index contributed by atoms with van der Waals surface area (Å²) in [5.41, 5.74) is 0.297. The normalized spacial score (nSPS) is 11.1. The Labute approximate surface area is 147 Å². The highest BCUT2D eigenvalue weighted by Crippen LogP contribution is 2.31. The van der Waals surface area contributed by atoms with Crippen molar-refractivity contribution in [2.75, 3.05) is 17.7 Å². The van der Waals surface area contributed by atoms with E-state index in [0.29, 0.717) is 5.82 Å². The van der Waals surface area contributed by atoms with Gasteiger partial charge in [0.1, 0.15) is 11.6 Å². The molecule has 0 aliphatic heterocycles. The first-order valence-electron chi connectivity index (χ1n) is 7.62. The predicted molar refractivity (Wildman–Crippen MR) is 93.0 cm³/mol. The van der Waals surface area contributed by atoms with Gasteiger partial charge >= 0.3 is 6.18 Å². The fourth-order valence-corrected chi connectivity index (χ4v) is 2.21. The van der Waals surface area contributed by atoms with Crippen LogP contribution in [0, 0.1) is 0 Å². The lowest BCUT2D eigenvalue weighted by atomic mass is 10.2. The van der Waals surface area contributed by atoms with Crippen LogP contribution in [0.2, 0.25) is 0 Å². The van der Waals surface area contributed by atoms with Crippen LogP contribution in [0.15, 0.2) is 60.8 Å². The second kappa shape index (κ2) is 7.30. The zero-order chi connectivity index (χ0) is 18.6. The van der Waals surface area contributed by atoms with E-state index in [9.17, 15) is 13.2 Å². The first kappa shape index (κ1) is 17.5. The summed E-state index contributed by atoms with van der Waals surface area (Å²) in [7, 11) is 1.58. The van der Waals surface area contributed by atoms with Crippen LogP contribution in [0.1, 0.15) is 5.56 Å². The van der Waals surface area contributed by atoms with Crippen LogP contribution in [-0.2, 0) is 6.18 Å². The number of hydrogen-bond donors (Lipinski definition) is 2. The maximum atomic E-state index is 12.8. The number of benzene rings is 2. The molecule has 0 aliphatic rings. The number of nitrogens with zero attached hydrogens (tertiary/aromatic N) is 2. The highest BCUT2D eigenvalue weighted by Gasteiger charge is 2.30. The standard InChI is InChI=1S/C18H15F3N4O/c1-26-15-7-5-13(6-8-15)23-16-9-10-22-17(25-16)24-14-4-2-3-12(11-14)18(19,20)21/h2-11H,1H3,(H2,22,23,24,25). The van der Waals surface area contributed by atoms with E-state index < -0.39 is 11.7 Å². The van der Waals surface area contributed by atoms with E-state index in [1.54, 1.807) is 25.3 Å². The lowest BCUT2D eigenvalue weighted by Crippen LogP contribution is -2.06. The van der Waals surface area contributed by atoms with Crippen molar-refractivity contribution in [1.29, 1.82) is 0 Å². The summed E-state index contributed by atoms with van der Waals surface area (Å²) in [6.07, 6.45) is -2.90. The van der Waals surface area contributed by atoms with Crippen molar-refractivity contribution >= 4 is 23.1 Å². The molecule has 134 valence electrons. The van der Waals surface area contributed by atoms with E-state index in [1.165, 1.54) is 18.3 Å². The summed E-state index contributed by atoms with van der Waals surface area (Å²) in [6.45, 7) is 0. The molecule has 0 amide bonds. The van der Waals surface area contributed by atoms with Gasteiger partial charge in [-0.3, -0.25) is 0 Å². The quantitative estimate of drug-likeness (QED) is 0.671. The molecular weight excluding hydrogens is 345 g/mol. The van der Waals surface area contributed by atoms with Gasteiger partial charge in [0, 0.05) is 17.6 Å². The smallest absolute Gasteiger partial charge is 0.416 e. The molecule has 2 N–H and O–H groups in total. The summed E-state index contributed by atoms with van der Waals surface area (Å²) >= 11 is 0. The summed E-state index contributed by atoms with van der Waals surface area (Å²) in [5, 5.41) is 5.87. The Hall–Kier alpha value is -3.29. The Morgan fingerprint density at radius 2 is 1.69 bits per heavy atom. The molecular formula is C18H15F3N4O. The number of nitrogens with one attached hydrogen (secondary N) is 2. The van der Waals surface area contributed by atoms with E-state index in [1.807, 2.05) is 12.1 Å². The number of alkyl halides is 3. The van der Waals surface area contributed by atoms with E-state index >= 15 is 0 Å². The third kappa shape index (κ3) is 4.41. The number of halogens is 3. The van der Waals surface area contributed by atoms with Gasteiger partial charge in [-0.1, -0.05) is 6.07 Å². The minimum absolute atomic E-state index is 0.183. The molecule has 0 atom stereocenters. The number of ether oxygens (including phenoxy) is 1. The Kier molecular flexibility index (Phi) is 4.92. The Balaban J connectivity index is 1.75. The summed E-state index contributed by atoms with van der Waals surface area (Å²) < 4.78 is 43.5. The van der Waals surface area contributed by atoms with Gasteiger partial charge in [-0.25, -0.2) is 4.98 Å². The molecule has 0 spiro atoms. The highest BCUT2D eigenvalue weighted by molar-refractivity contribution is 5.60. The molecule has 0 aliphatic carbocycles. The Morgan fingerprint density at radius 1 is 0.923 bits per heavy atom. The van der Waals surface area contributed by atoms with Crippen LogP contribution in [0.25, 0.3) is 0 Å². The predicted octanol–water partition coefficient (Wildman–Crippen LogP) is 4.99. The number of rotatable bonds is 5. The molecule has 0 radical (unpaired) electrons. The molecule has 0 fully saturated rings. The van der Waals surface area contributed by atoms with Crippen LogP contribution in [0.3, 0.4) is 0 Å². The van der Waals surface area contributed by atoms with Crippen molar-refractivity contribution in [3.05, 3.63) is 66.4 Å². The van der Waals surface area contributed by atoms with Crippen molar-refractivity contribution in [2.45, 2.75) is 6.18 Å². The average Bonchev–Trinajstić information content (AvgIpc) is 2.62. The summed E-state index contributed by atoms with van der Waals surface area (Å²) in [4.78, 5) is 8.28. The lowest BCUT2D eigenvalue weighted by molar-refractivity contribution is -0.137. The number of methoxy groups -OCH3 is 1. The van der Waals surface area contributed by atoms with Gasteiger partial charge in [-0.15, -0.1) is 0 Å². The third-order valence-corrected chi connectivity index (χ3v) is 3.46. The maximum Gasteiger partial charge on any atom is 0.416 e. The van der Waals surface area contributed by atoms with Crippen LogP contribution >= 0.6 is 0 Å². The van der Waals surface area contributed by atoms with E-state index in [0.717, 1.165) is 23.6 Å². The molecule has 8 heteroatoms. The Bertz CT molecular complexity index is 882. The lowest BCUT2D eigenvalue weighted by Gasteiger charge is -2.11. The van der Waals surface area contributed by atoms with Gasteiger partial charge in [-0.05, 0) is 48.5 Å². The minimum Gasteiger partial charge on any atom is -0.497 e. The Morgan fingerprint density at radius 3 is 2.38 bits per heavy atom. The molecule has 2 aromatic carbocycles. The van der Waals surface area contributed by atoms with Crippen molar-refractivity contribution in [1.82, 2.24) is 9.97 Å². The molecule has 0 unspecified atom stereocenters. The second-order valence-electron chi connectivity index (χ2n) is 5.32. The molecule has 3 aromatic rings. The fraction of sp³-hybridized carbons (Fsp3) is 0.111. The van der Waals surface area contributed by atoms with Crippen molar-refractivity contribution in [3.8, 4) is 5.75 Å². The molecule has 0 saturated carbocycles. The SMILES string of the molecule is COc1ccc(Nc2ccnc(Nc3cccc(C(F)(F)F)c3)n2)cc1. The van der Waals surface area contributed by atoms with E-state index in [4.69, 9.17) is 4.74 Å². The molecule has 5 nitrogen and oxygen atoms in total. The topological polar surface area (TPSA) is 59.1 Å². The van der Waals surface area contributed by atoms with Crippen molar-refractivity contribution in [3.63, 3.8) is 0 Å². The van der Waals surface area contributed by atoms with Gasteiger partial charge < -0.3 is 15.4 Å². The first-order chi connectivity index (χ1) is 12.4. The number of hydrogen-bond acceptors (Lipinski definition) is 5. The summed E-state index contributed by atoms with van der Waals surface area (Å²) in [5.74, 6) is 1.41. The van der Waals surface area contributed by atoms with Crippen LogP contribution in [0.4, 0.5) is 36.3 Å². The van der Waals surface area contributed by atoms with Crippen LogP contribution in [0.5, 0.6) is 5.75 Å². The van der Waals surface area contributed by atoms with E-state index in [-0.39, 0.29) is 11.6 Å². The van der Waals surface area contributed by atoms with Gasteiger partial charge in [0.2, 0.25) is 5.95 Å². The molecule has 0 saturated heterocycles. The zero-order valence-corrected chi connectivity index (χ0v) is 13.7. The molecule has 26 heavy (non-hydrogen) atoms. The summed E-state index contributed by atoms with van der Waals surface area (Å²) in [6, 6.07) is 13.7.